The van der Waals surface area contributed by atoms with E-state index in [4.69, 9.17) is 0 Å². The third-order valence-electron chi connectivity index (χ3n) is 4.04. The molecule has 0 bridgehead atoms. The number of hydrogen-bond acceptors (Lipinski definition) is 2. The topological polar surface area (TPSA) is 12.5 Å². The van der Waals surface area contributed by atoms with Gasteiger partial charge in [-0.25, -0.2) is 0 Å². The molecule has 134 valence electrons. The van der Waals surface area contributed by atoms with Gasteiger partial charge in [0.05, 0.1) is 0 Å². The number of hydrogen-bond donors (Lipinski definition) is 0. The molecule has 0 unspecified atom stereocenters. The van der Waals surface area contributed by atoms with Gasteiger partial charge >= 0.3 is 8.77 Å². The van der Waals surface area contributed by atoms with Gasteiger partial charge in [0.2, 0.25) is 0 Å². The highest BCUT2D eigenvalue weighted by molar-refractivity contribution is 9.10. The zero-order valence-electron chi connectivity index (χ0n) is 14.7. The molecule has 0 saturated heterocycles. The Morgan fingerprint density at radius 1 is 1.24 bits per heavy atom. The molecule has 0 aliphatic rings. The van der Waals surface area contributed by atoms with Crippen LogP contribution in [0.25, 0.3) is 11.1 Å². The van der Waals surface area contributed by atoms with Crippen LogP contribution in [-0.4, -0.2) is 7.05 Å². The summed E-state index contributed by atoms with van der Waals surface area (Å²) in [4.78, 5) is 2.11. The molecule has 0 atom stereocenters. The maximum absolute atomic E-state index is 12.4. The lowest BCUT2D eigenvalue weighted by molar-refractivity contribution is 0.507. The maximum atomic E-state index is 12.4. The van der Waals surface area contributed by atoms with E-state index < -0.39 is 8.77 Å². The minimum absolute atomic E-state index is 0.186. The lowest BCUT2D eigenvalue weighted by atomic mass is 9.98. The smallest absolute Gasteiger partial charge is 0.421 e. The number of allylic oxidation sites excluding steroid dienone is 1. The summed E-state index contributed by atoms with van der Waals surface area (Å²) in [5, 5.41) is 0. The average Bonchev–Trinajstić information content (AvgIpc) is 2.56. The lowest BCUT2D eigenvalue weighted by Crippen LogP contribution is -2.11. The second-order valence-electron chi connectivity index (χ2n) is 5.85. The van der Waals surface area contributed by atoms with Gasteiger partial charge in [-0.2, -0.15) is 0 Å². The summed E-state index contributed by atoms with van der Waals surface area (Å²) in [6, 6.07) is 10.9. The van der Waals surface area contributed by atoms with Crippen LogP contribution in [0, 0.1) is 6.92 Å². The summed E-state index contributed by atoms with van der Waals surface area (Å²) in [6.45, 7) is 6.30. The monoisotopic (exact) mass is 427 g/mol. The van der Waals surface area contributed by atoms with Crippen molar-refractivity contribution >= 4 is 30.4 Å². The molecule has 0 fully saturated rings. The van der Waals surface area contributed by atoms with E-state index in [0.29, 0.717) is 0 Å². The Kier molecular flexibility index (Phi) is 6.97. The Morgan fingerprint density at radius 3 is 2.44 bits per heavy atom. The first-order chi connectivity index (χ1) is 11.8. The van der Waals surface area contributed by atoms with Crippen molar-refractivity contribution in [1.82, 2.24) is 0 Å². The van der Waals surface area contributed by atoms with Crippen molar-refractivity contribution in [2.24, 2.45) is 0 Å². The summed E-state index contributed by atoms with van der Waals surface area (Å²) in [5.74, 6) is 0.186. The summed E-state index contributed by atoms with van der Waals surface area (Å²) >= 11 is 3.57. The highest BCUT2D eigenvalue weighted by Crippen LogP contribution is 2.41. The van der Waals surface area contributed by atoms with E-state index in [0.717, 1.165) is 33.3 Å². The fourth-order valence-corrected chi connectivity index (χ4v) is 3.32. The molecule has 0 saturated carbocycles. The molecule has 0 aliphatic carbocycles. The molecule has 0 radical (unpaired) electrons. The lowest BCUT2D eigenvalue weighted by Gasteiger charge is -2.21. The number of halogens is 3. The fourth-order valence-electron chi connectivity index (χ4n) is 2.60. The molecule has 2 nitrogen and oxygen atoms in total. The zero-order chi connectivity index (χ0) is 18.6. The molecule has 0 amide bonds. The number of rotatable bonds is 6. The molecule has 2 aromatic rings. The Labute approximate surface area is 157 Å². The van der Waals surface area contributed by atoms with Crippen LogP contribution in [0.15, 0.2) is 52.6 Å². The second-order valence-corrected chi connectivity index (χ2v) is 7.36. The molecule has 0 spiro atoms. The quantitative estimate of drug-likeness (QED) is 0.437. The minimum Gasteiger partial charge on any atom is -0.421 e. The van der Waals surface area contributed by atoms with E-state index in [9.17, 15) is 8.39 Å². The predicted octanol–water partition coefficient (Wildman–Crippen LogP) is 7.72. The maximum Gasteiger partial charge on any atom is 0.481 e. The molecule has 0 heterocycles. The van der Waals surface area contributed by atoms with Crippen LogP contribution < -0.4 is 9.42 Å². The normalized spacial score (nSPS) is 11.8. The van der Waals surface area contributed by atoms with Gasteiger partial charge < -0.3 is 9.42 Å². The highest BCUT2D eigenvalue weighted by atomic mass is 79.9. The summed E-state index contributed by atoms with van der Waals surface area (Å²) in [7, 11) is -1.37. The number of nitrogens with zero attached hydrogens (tertiary/aromatic N) is 1. The van der Waals surface area contributed by atoms with Gasteiger partial charge in [-0.15, -0.1) is 8.39 Å². The van der Waals surface area contributed by atoms with Gasteiger partial charge in [-0.1, -0.05) is 40.6 Å². The van der Waals surface area contributed by atoms with Gasteiger partial charge in [-0.3, -0.25) is 0 Å². The molecule has 2 rings (SSSR count). The second kappa shape index (κ2) is 8.77. The molecule has 6 heteroatoms. The van der Waals surface area contributed by atoms with E-state index in [-0.39, 0.29) is 5.75 Å². The Hall–Kier alpha value is -1.45. The Balaban J connectivity index is 2.42. The van der Waals surface area contributed by atoms with Crippen LogP contribution in [0.1, 0.15) is 25.8 Å². The number of anilines is 1. The largest absolute Gasteiger partial charge is 0.481 e. The van der Waals surface area contributed by atoms with E-state index in [2.05, 4.69) is 58.4 Å². The van der Waals surface area contributed by atoms with Crippen molar-refractivity contribution in [3.05, 3.63) is 58.2 Å². The van der Waals surface area contributed by atoms with Crippen LogP contribution in [0.3, 0.4) is 0 Å². The van der Waals surface area contributed by atoms with E-state index in [1.165, 1.54) is 5.57 Å². The van der Waals surface area contributed by atoms with Crippen molar-refractivity contribution in [2.75, 3.05) is 11.9 Å². The van der Waals surface area contributed by atoms with Crippen molar-refractivity contribution < 1.29 is 12.9 Å². The third kappa shape index (κ3) is 5.26. The van der Waals surface area contributed by atoms with Gasteiger partial charge in [-0.05, 0) is 61.2 Å². The standard InChI is InChI=1S/C19H21BrF2NOP/c1-5-13(2)12-23(4)19-11-16(20)10-18(14(19)3)15-6-8-17(9-7-15)24-25(21)22/h6-12H,5H2,1-4H3/b13-12+. The first-order valence-corrected chi connectivity index (χ1v) is 9.75. The molecular weight excluding hydrogens is 407 g/mol. The summed E-state index contributed by atoms with van der Waals surface area (Å²) in [5.41, 5.74) is 5.51. The van der Waals surface area contributed by atoms with Gasteiger partial charge in [0.25, 0.3) is 0 Å². The first kappa shape index (κ1) is 19.9. The van der Waals surface area contributed by atoms with E-state index in [1.54, 1.807) is 24.3 Å². The molecular formula is C19H21BrF2NOP. The molecule has 25 heavy (non-hydrogen) atoms. The first-order valence-electron chi connectivity index (χ1n) is 7.92. The zero-order valence-corrected chi connectivity index (χ0v) is 17.2. The average molecular weight is 428 g/mol. The number of benzene rings is 2. The van der Waals surface area contributed by atoms with Crippen LogP contribution in [0.2, 0.25) is 0 Å². The van der Waals surface area contributed by atoms with E-state index in [1.807, 2.05) is 13.1 Å². The highest BCUT2D eigenvalue weighted by Gasteiger charge is 2.12. The van der Waals surface area contributed by atoms with Crippen LogP contribution in [0.5, 0.6) is 5.75 Å². The molecule has 2 aromatic carbocycles. The third-order valence-corrected chi connectivity index (χ3v) is 4.84. The van der Waals surface area contributed by atoms with Gasteiger partial charge in [0.1, 0.15) is 5.75 Å². The van der Waals surface area contributed by atoms with Crippen molar-refractivity contribution in [3.8, 4) is 16.9 Å². The van der Waals surface area contributed by atoms with Crippen molar-refractivity contribution in [1.29, 1.82) is 0 Å². The SMILES string of the molecule is CC/C(C)=C/N(C)c1cc(Br)cc(-c2ccc(OP(F)F)cc2)c1C. The molecule has 0 N–H and O–H groups in total. The van der Waals surface area contributed by atoms with Crippen molar-refractivity contribution in [3.63, 3.8) is 0 Å². The molecule has 0 aliphatic heterocycles. The van der Waals surface area contributed by atoms with Crippen LogP contribution in [-0.2, 0) is 0 Å². The fraction of sp³-hybridized carbons (Fsp3) is 0.263. The van der Waals surface area contributed by atoms with Gasteiger partial charge in [0.15, 0.2) is 0 Å². The minimum atomic E-state index is -3.40. The Morgan fingerprint density at radius 2 is 1.88 bits per heavy atom. The summed E-state index contributed by atoms with van der Waals surface area (Å²) < 4.78 is 30.2. The summed E-state index contributed by atoms with van der Waals surface area (Å²) in [6.07, 6.45) is 3.12. The predicted molar refractivity (Wildman–Crippen MR) is 107 cm³/mol. The van der Waals surface area contributed by atoms with Gasteiger partial charge in [0, 0.05) is 23.4 Å². The molecule has 0 aromatic heterocycles. The Bertz CT molecular complexity index is 763. The van der Waals surface area contributed by atoms with Crippen molar-refractivity contribution in [2.45, 2.75) is 27.2 Å². The van der Waals surface area contributed by atoms with Crippen LogP contribution >= 0.6 is 24.7 Å². The van der Waals surface area contributed by atoms with E-state index >= 15 is 0 Å². The van der Waals surface area contributed by atoms with Crippen LogP contribution in [0.4, 0.5) is 14.1 Å².